The van der Waals surface area contributed by atoms with Crippen LogP contribution in [0.2, 0.25) is 0 Å². The highest BCUT2D eigenvalue weighted by Crippen LogP contribution is 2.23. The summed E-state index contributed by atoms with van der Waals surface area (Å²) in [7, 11) is -5.93. The van der Waals surface area contributed by atoms with Gasteiger partial charge in [0.05, 0.1) is 25.7 Å². The number of aryl methyl sites for hydroxylation is 2. The number of benzene rings is 2. The summed E-state index contributed by atoms with van der Waals surface area (Å²) in [5, 5.41) is 6.40. The summed E-state index contributed by atoms with van der Waals surface area (Å²) in [6, 6.07) is 14.3. The fraction of sp³-hybridized carbons (Fsp3) is 0.385. The van der Waals surface area contributed by atoms with Crippen molar-refractivity contribution in [2.45, 2.75) is 49.3 Å². The zero-order chi connectivity index (χ0) is 31.2. The van der Waals surface area contributed by atoms with Gasteiger partial charge in [0.2, 0.25) is 10.1 Å². The van der Waals surface area contributed by atoms with Crippen LogP contribution < -0.4 is 0 Å². The van der Waals surface area contributed by atoms with Gasteiger partial charge in [-0.3, -0.25) is 8.57 Å². The van der Waals surface area contributed by atoms with Gasteiger partial charge in [0.25, 0.3) is 0 Å². The van der Waals surface area contributed by atoms with E-state index < -0.39 is 43.7 Å². The van der Waals surface area contributed by atoms with Gasteiger partial charge in [0.1, 0.15) is 0 Å². The maximum Gasteiger partial charge on any atom is 0.367 e. The highest BCUT2D eigenvalue weighted by molar-refractivity contribution is 8.16. The predicted molar refractivity (Wildman–Crippen MR) is 161 cm³/mol. The Bertz CT molecular complexity index is 1360. The van der Waals surface area contributed by atoms with Crippen molar-refractivity contribution in [2.75, 3.05) is 25.7 Å². The molecule has 0 fully saturated rings. The number of rotatable bonds is 13. The van der Waals surface area contributed by atoms with Crippen molar-refractivity contribution in [1.29, 1.82) is 0 Å². The molecule has 0 radical (unpaired) electrons. The number of hydrogen-bond acceptors (Lipinski definition) is 14. The summed E-state index contributed by atoms with van der Waals surface area (Å²) in [5.74, 6) is -2.49. The molecule has 0 saturated heterocycles. The Morgan fingerprint density at radius 3 is 1.26 bits per heavy atom. The van der Waals surface area contributed by atoms with Gasteiger partial charge in [-0.05, 0) is 51.0 Å². The van der Waals surface area contributed by atoms with Crippen molar-refractivity contribution in [2.24, 2.45) is 10.3 Å². The molecule has 0 aliphatic rings. The summed E-state index contributed by atoms with van der Waals surface area (Å²) in [6.07, 6.45) is 1.05. The molecular formula is C26H32N2O10S4. The molecule has 0 N–H and O–H groups in total. The summed E-state index contributed by atoms with van der Waals surface area (Å²) >= 11 is 1.80. The average molecular weight is 661 g/mol. The van der Waals surface area contributed by atoms with Crippen LogP contribution >= 0.6 is 23.5 Å². The molecule has 0 unspecified atom stereocenters. The van der Waals surface area contributed by atoms with Crippen LogP contribution in [-0.2, 0) is 47.9 Å². The van der Waals surface area contributed by atoms with Crippen molar-refractivity contribution >= 4 is 65.8 Å². The molecule has 230 valence electrons. The summed E-state index contributed by atoms with van der Waals surface area (Å²) < 4.78 is 67.6. The zero-order valence-corrected chi connectivity index (χ0v) is 26.7. The molecule has 0 aliphatic heterocycles. The van der Waals surface area contributed by atoms with Crippen molar-refractivity contribution in [1.82, 2.24) is 0 Å². The molecule has 16 heteroatoms. The van der Waals surface area contributed by atoms with Crippen molar-refractivity contribution in [3.63, 3.8) is 0 Å². The van der Waals surface area contributed by atoms with Gasteiger partial charge in [-0.2, -0.15) is 16.8 Å². The number of oxime groups is 2. The minimum atomic E-state index is -4.11. The Morgan fingerprint density at radius 2 is 0.952 bits per heavy atom. The van der Waals surface area contributed by atoms with Crippen molar-refractivity contribution in [3.8, 4) is 0 Å². The average Bonchev–Trinajstić information content (AvgIpc) is 2.96. The molecule has 2 aromatic carbocycles. The summed E-state index contributed by atoms with van der Waals surface area (Å²) in [5.41, 5.74) is 2.02. The van der Waals surface area contributed by atoms with Gasteiger partial charge in [0.15, 0.2) is 0 Å². The van der Waals surface area contributed by atoms with Crippen LogP contribution in [0.1, 0.15) is 36.8 Å². The van der Waals surface area contributed by atoms with E-state index >= 15 is 0 Å². The lowest BCUT2D eigenvalue weighted by atomic mass is 10.2. The summed E-state index contributed by atoms with van der Waals surface area (Å²) in [4.78, 5) is 25.3. The van der Waals surface area contributed by atoms with Crippen LogP contribution in [0.15, 0.2) is 68.6 Å². The number of ether oxygens (including phenoxy) is 2. The highest BCUT2D eigenvalue weighted by atomic mass is 32.2. The molecule has 0 saturated carbocycles. The first-order valence-electron chi connectivity index (χ1n) is 12.5. The smallest absolute Gasteiger partial charge is 0.367 e. The molecule has 0 aromatic heterocycles. The number of unbranched alkanes of at least 4 members (excludes halogenated alkanes) is 3. The number of esters is 2. The van der Waals surface area contributed by atoms with E-state index in [1.807, 2.05) is 38.1 Å². The van der Waals surface area contributed by atoms with Crippen molar-refractivity contribution < 1.29 is 44.5 Å². The molecule has 0 bridgehead atoms. The van der Waals surface area contributed by atoms with Crippen molar-refractivity contribution in [3.05, 3.63) is 59.7 Å². The van der Waals surface area contributed by atoms with E-state index in [0.717, 1.165) is 48.9 Å². The number of hydrogen-bond donors (Lipinski definition) is 0. The van der Waals surface area contributed by atoms with Gasteiger partial charge in [0, 0.05) is 9.79 Å². The normalized spacial score (nSPS) is 12.5. The molecule has 0 amide bonds. The number of methoxy groups -OCH3 is 2. The lowest BCUT2D eigenvalue weighted by Gasteiger charge is -2.06. The van der Waals surface area contributed by atoms with E-state index in [1.54, 1.807) is 24.3 Å². The second kappa shape index (κ2) is 17.1. The first kappa shape index (κ1) is 35.1. The molecule has 0 spiro atoms. The topological polar surface area (TPSA) is 164 Å². The third-order valence-corrected chi connectivity index (χ3v) is 9.26. The summed E-state index contributed by atoms with van der Waals surface area (Å²) in [6.45, 7) is 3.80. The highest BCUT2D eigenvalue weighted by Gasteiger charge is 2.20. The number of carbonyl (C=O) groups is 2. The fourth-order valence-corrected chi connectivity index (χ4v) is 6.18. The number of thioether (sulfide) groups is 2. The Balaban J connectivity index is 1.82. The van der Waals surface area contributed by atoms with Crippen LogP contribution in [0.3, 0.4) is 0 Å². The molecule has 0 aliphatic carbocycles. The number of carbonyl (C=O) groups excluding carboxylic acids is 2. The Kier molecular flexibility index (Phi) is 14.3. The first-order valence-corrected chi connectivity index (χ1v) is 17.3. The lowest BCUT2D eigenvalue weighted by Crippen LogP contribution is -2.15. The minimum Gasteiger partial charge on any atom is -0.464 e. The molecule has 12 nitrogen and oxygen atoms in total. The van der Waals surface area contributed by atoms with Gasteiger partial charge in [-0.1, -0.05) is 82.1 Å². The number of nitrogens with zero attached hydrogens (tertiary/aromatic N) is 2. The van der Waals surface area contributed by atoms with Gasteiger partial charge < -0.3 is 9.47 Å². The monoisotopic (exact) mass is 660 g/mol. The predicted octanol–water partition coefficient (Wildman–Crippen LogP) is 4.41. The quantitative estimate of drug-likeness (QED) is 0.0743. The second-order valence-electron chi connectivity index (χ2n) is 8.69. The first-order chi connectivity index (χ1) is 19.8. The SMILES string of the molecule is COC(=O)/C(=N/OS(=O)(=O)CCCCCCS(=O)(=O)O/N=C(\Sc1ccc(C)cc1)C(=O)OC)Sc1ccc(C)cc1. The maximum atomic E-state index is 12.3. The van der Waals surface area contributed by atoms with Crippen LogP contribution in [0.5, 0.6) is 0 Å². The van der Waals surface area contributed by atoms with Crippen LogP contribution in [-0.4, -0.2) is 64.6 Å². The molecular weight excluding hydrogens is 629 g/mol. The van der Waals surface area contributed by atoms with Gasteiger partial charge >= 0.3 is 32.2 Å². The fourth-order valence-electron chi connectivity index (χ4n) is 2.97. The van der Waals surface area contributed by atoms with E-state index in [1.165, 1.54) is 0 Å². The maximum absolute atomic E-state index is 12.3. The second-order valence-corrected chi connectivity index (χ2v) is 14.2. The van der Waals surface area contributed by atoms with Crippen LogP contribution in [0.4, 0.5) is 0 Å². The van der Waals surface area contributed by atoms with Gasteiger partial charge in [-0.15, -0.1) is 0 Å². The van der Waals surface area contributed by atoms with E-state index in [2.05, 4.69) is 28.4 Å². The third-order valence-electron chi connectivity index (χ3n) is 5.20. The van der Waals surface area contributed by atoms with Crippen LogP contribution in [0, 0.1) is 13.8 Å². The molecule has 2 aromatic rings. The Morgan fingerprint density at radius 1 is 0.619 bits per heavy atom. The van der Waals surface area contributed by atoms with E-state index in [0.29, 0.717) is 22.6 Å². The van der Waals surface area contributed by atoms with E-state index in [-0.39, 0.29) is 22.9 Å². The molecule has 42 heavy (non-hydrogen) atoms. The minimum absolute atomic E-state index is 0.162. The van der Waals surface area contributed by atoms with Gasteiger partial charge in [-0.25, -0.2) is 9.59 Å². The van der Waals surface area contributed by atoms with E-state index in [9.17, 15) is 26.4 Å². The van der Waals surface area contributed by atoms with Crippen LogP contribution in [0.25, 0.3) is 0 Å². The Hall–Kier alpha value is -3.08. The largest absolute Gasteiger partial charge is 0.464 e. The molecule has 0 atom stereocenters. The third kappa shape index (κ3) is 13.3. The standard InChI is InChI=1S/C26H32N2O10S4/c1-19-9-13-21(14-10-19)39-23(25(29)35-3)27-37-41(31,32)17-7-5-6-8-18-42(33,34)38-28-24(26(30)36-4)40-22-15-11-20(2)12-16-22/h9-16H,5-8,17-18H2,1-4H3/b27-23-,28-24-. The molecule has 0 heterocycles. The molecule has 2 rings (SSSR count). The Labute approximate surface area is 254 Å². The zero-order valence-electron chi connectivity index (χ0n) is 23.5. The van der Waals surface area contributed by atoms with E-state index in [4.69, 9.17) is 0 Å². The lowest BCUT2D eigenvalue weighted by molar-refractivity contribution is -0.133.